The van der Waals surface area contributed by atoms with Crippen LogP contribution in [0.2, 0.25) is 0 Å². The van der Waals surface area contributed by atoms with Crippen molar-refractivity contribution in [1.82, 2.24) is 0 Å². The number of rotatable bonds is 4. The van der Waals surface area contributed by atoms with E-state index in [9.17, 15) is 4.79 Å². The molecule has 0 radical (unpaired) electrons. The molecule has 0 fully saturated rings. The molecule has 0 aromatic heterocycles. The molecule has 16 heavy (non-hydrogen) atoms. The van der Waals surface area contributed by atoms with E-state index in [1.807, 2.05) is 44.4 Å². The van der Waals surface area contributed by atoms with Gasteiger partial charge in [-0.3, -0.25) is 4.79 Å². The van der Waals surface area contributed by atoms with E-state index in [-0.39, 0.29) is 5.91 Å². The van der Waals surface area contributed by atoms with Crippen LogP contribution in [0, 0.1) is 5.41 Å². The van der Waals surface area contributed by atoms with Crippen molar-refractivity contribution in [3.63, 3.8) is 0 Å². The van der Waals surface area contributed by atoms with Gasteiger partial charge in [0.2, 0.25) is 5.91 Å². The molecule has 0 aliphatic rings. The molecule has 0 heterocycles. The van der Waals surface area contributed by atoms with Gasteiger partial charge in [0.05, 0.1) is 5.41 Å². The standard InChI is InChI=1S/C12H18N2OS/c1-12(2,8-13)11(15)14-9-5-4-6-10(7-9)16-3/h4-7H,8,13H2,1-3H3,(H,14,15). The molecule has 0 bridgehead atoms. The van der Waals surface area contributed by atoms with E-state index in [1.54, 1.807) is 11.8 Å². The van der Waals surface area contributed by atoms with Crippen molar-refractivity contribution >= 4 is 23.4 Å². The van der Waals surface area contributed by atoms with Crippen LogP contribution >= 0.6 is 11.8 Å². The number of hydrogen-bond donors (Lipinski definition) is 2. The zero-order chi connectivity index (χ0) is 12.2. The lowest BCUT2D eigenvalue weighted by Crippen LogP contribution is -2.37. The highest BCUT2D eigenvalue weighted by atomic mass is 32.2. The normalized spacial score (nSPS) is 11.2. The van der Waals surface area contributed by atoms with Gasteiger partial charge in [-0.05, 0) is 38.3 Å². The number of carbonyl (C=O) groups is 1. The Hall–Kier alpha value is -1.00. The van der Waals surface area contributed by atoms with Crippen molar-refractivity contribution in [2.75, 3.05) is 18.1 Å². The third kappa shape index (κ3) is 3.25. The number of nitrogens with one attached hydrogen (secondary N) is 1. The molecule has 3 nitrogen and oxygen atoms in total. The molecule has 1 aromatic carbocycles. The van der Waals surface area contributed by atoms with Crippen LogP contribution in [0.1, 0.15) is 13.8 Å². The Morgan fingerprint density at radius 3 is 2.75 bits per heavy atom. The van der Waals surface area contributed by atoms with Crippen LogP contribution in [-0.2, 0) is 4.79 Å². The van der Waals surface area contributed by atoms with Gasteiger partial charge in [-0.15, -0.1) is 11.8 Å². The van der Waals surface area contributed by atoms with E-state index in [4.69, 9.17) is 5.73 Å². The Morgan fingerprint density at radius 2 is 2.19 bits per heavy atom. The first-order chi connectivity index (χ1) is 7.49. The Morgan fingerprint density at radius 1 is 1.50 bits per heavy atom. The van der Waals surface area contributed by atoms with Crippen LogP contribution in [0.3, 0.4) is 0 Å². The fraction of sp³-hybridized carbons (Fsp3) is 0.417. The third-order valence-electron chi connectivity index (χ3n) is 2.45. The van der Waals surface area contributed by atoms with Crippen LogP contribution < -0.4 is 11.1 Å². The molecule has 0 aliphatic heterocycles. The molecule has 0 unspecified atom stereocenters. The quantitative estimate of drug-likeness (QED) is 0.792. The SMILES string of the molecule is CSc1cccc(NC(=O)C(C)(C)CN)c1. The minimum Gasteiger partial charge on any atom is -0.329 e. The minimum absolute atomic E-state index is 0.0479. The molecule has 1 amide bonds. The lowest BCUT2D eigenvalue weighted by Gasteiger charge is -2.21. The van der Waals surface area contributed by atoms with E-state index in [0.29, 0.717) is 6.54 Å². The van der Waals surface area contributed by atoms with Crippen molar-refractivity contribution in [2.24, 2.45) is 11.1 Å². The topological polar surface area (TPSA) is 55.1 Å². The van der Waals surface area contributed by atoms with Crippen molar-refractivity contribution in [3.8, 4) is 0 Å². The van der Waals surface area contributed by atoms with Crippen LogP contribution in [-0.4, -0.2) is 18.7 Å². The zero-order valence-electron chi connectivity index (χ0n) is 9.91. The second-order valence-electron chi connectivity index (χ2n) is 4.27. The number of thioether (sulfide) groups is 1. The van der Waals surface area contributed by atoms with Crippen LogP contribution in [0.4, 0.5) is 5.69 Å². The summed E-state index contributed by atoms with van der Waals surface area (Å²) < 4.78 is 0. The second-order valence-corrected chi connectivity index (χ2v) is 5.15. The predicted octanol–water partition coefficient (Wildman–Crippen LogP) is 2.33. The van der Waals surface area contributed by atoms with Crippen LogP contribution in [0.5, 0.6) is 0 Å². The molecule has 0 aliphatic carbocycles. The first-order valence-electron chi connectivity index (χ1n) is 5.15. The third-order valence-corrected chi connectivity index (χ3v) is 3.18. The summed E-state index contributed by atoms with van der Waals surface area (Å²) in [7, 11) is 0. The molecule has 0 atom stereocenters. The van der Waals surface area contributed by atoms with E-state index in [0.717, 1.165) is 10.6 Å². The van der Waals surface area contributed by atoms with Gasteiger partial charge in [-0.25, -0.2) is 0 Å². The van der Waals surface area contributed by atoms with E-state index in [2.05, 4.69) is 5.32 Å². The maximum atomic E-state index is 11.9. The summed E-state index contributed by atoms with van der Waals surface area (Å²) in [4.78, 5) is 13.0. The molecule has 1 rings (SSSR count). The molecular formula is C12H18N2OS. The molecule has 88 valence electrons. The van der Waals surface area contributed by atoms with E-state index >= 15 is 0 Å². The number of carbonyl (C=O) groups excluding carboxylic acids is 1. The summed E-state index contributed by atoms with van der Waals surface area (Å²) >= 11 is 1.65. The Labute approximate surface area is 101 Å². The summed E-state index contributed by atoms with van der Waals surface area (Å²) in [5.74, 6) is -0.0479. The second kappa shape index (κ2) is 5.37. The molecule has 1 aromatic rings. The maximum Gasteiger partial charge on any atom is 0.231 e. The lowest BCUT2D eigenvalue weighted by atomic mass is 9.92. The first kappa shape index (κ1) is 13.1. The Balaban J connectivity index is 2.77. The molecule has 4 heteroatoms. The summed E-state index contributed by atoms with van der Waals surface area (Å²) in [6, 6.07) is 7.77. The average molecular weight is 238 g/mol. The van der Waals surface area contributed by atoms with E-state index in [1.165, 1.54) is 0 Å². The Kier molecular flexibility index (Phi) is 4.38. The van der Waals surface area contributed by atoms with Crippen molar-refractivity contribution in [3.05, 3.63) is 24.3 Å². The molecule has 0 saturated carbocycles. The molecule has 0 saturated heterocycles. The van der Waals surface area contributed by atoms with Crippen molar-refractivity contribution in [1.29, 1.82) is 0 Å². The van der Waals surface area contributed by atoms with Crippen LogP contribution in [0.25, 0.3) is 0 Å². The zero-order valence-corrected chi connectivity index (χ0v) is 10.7. The fourth-order valence-electron chi connectivity index (χ4n) is 1.09. The van der Waals surface area contributed by atoms with Gasteiger partial charge in [-0.1, -0.05) is 6.07 Å². The summed E-state index contributed by atoms with van der Waals surface area (Å²) in [6.45, 7) is 4.00. The van der Waals surface area contributed by atoms with Gasteiger partial charge in [0.1, 0.15) is 0 Å². The highest BCUT2D eigenvalue weighted by molar-refractivity contribution is 7.98. The van der Waals surface area contributed by atoms with Gasteiger partial charge in [-0.2, -0.15) is 0 Å². The number of hydrogen-bond acceptors (Lipinski definition) is 3. The van der Waals surface area contributed by atoms with Crippen molar-refractivity contribution in [2.45, 2.75) is 18.7 Å². The van der Waals surface area contributed by atoms with Gasteiger partial charge in [0.15, 0.2) is 0 Å². The fourth-order valence-corrected chi connectivity index (χ4v) is 1.55. The number of nitrogens with two attached hydrogens (primary N) is 1. The largest absolute Gasteiger partial charge is 0.329 e. The number of amides is 1. The highest BCUT2D eigenvalue weighted by Gasteiger charge is 2.25. The van der Waals surface area contributed by atoms with E-state index < -0.39 is 5.41 Å². The molecule has 0 spiro atoms. The number of anilines is 1. The highest BCUT2D eigenvalue weighted by Crippen LogP contribution is 2.21. The average Bonchev–Trinajstić information content (AvgIpc) is 2.29. The van der Waals surface area contributed by atoms with Crippen LogP contribution in [0.15, 0.2) is 29.2 Å². The maximum absolute atomic E-state index is 11.9. The smallest absolute Gasteiger partial charge is 0.231 e. The monoisotopic (exact) mass is 238 g/mol. The summed E-state index contributed by atoms with van der Waals surface area (Å²) in [5, 5.41) is 2.88. The first-order valence-corrected chi connectivity index (χ1v) is 6.37. The van der Waals surface area contributed by atoms with Gasteiger partial charge < -0.3 is 11.1 Å². The molecular weight excluding hydrogens is 220 g/mol. The summed E-state index contributed by atoms with van der Waals surface area (Å²) in [6.07, 6.45) is 2.00. The predicted molar refractivity (Wildman–Crippen MR) is 69.7 cm³/mol. The molecule has 3 N–H and O–H groups in total. The minimum atomic E-state index is -0.532. The van der Waals surface area contributed by atoms with Crippen molar-refractivity contribution < 1.29 is 4.79 Å². The van der Waals surface area contributed by atoms with Gasteiger partial charge in [0.25, 0.3) is 0 Å². The number of benzene rings is 1. The van der Waals surface area contributed by atoms with Gasteiger partial charge >= 0.3 is 0 Å². The Bertz CT molecular complexity index is 377. The lowest BCUT2D eigenvalue weighted by molar-refractivity contribution is -0.123. The summed E-state index contributed by atoms with van der Waals surface area (Å²) in [5.41, 5.74) is 5.84. The van der Waals surface area contributed by atoms with Gasteiger partial charge in [0, 0.05) is 17.1 Å².